The monoisotopic (exact) mass is 292 g/mol. The van der Waals surface area contributed by atoms with Crippen molar-refractivity contribution in [3.05, 3.63) is 33.9 Å². The zero-order valence-corrected chi connectivity index (χ0v) is 10.3. The van der Waals surface area contributed by atoms with E-state index in [1.165, 1.54) is 6.92 Å². The molecule has 0 bridgehead atoms. The first kappa shape index (κ1) is 15.7. The summed E-state index contributed by atoms with van der Waals surface area (Å²) >= 11 is 0. The number of hydrogen-bond acceptors (Lipinski definition) is 4. The van der Waals surface area contributed by atoms with Crippen molar-refractivity contribution in [3.63, 3.8) is 0 Å². The molecule has 0 amide bonds. The van der Waals surface area contributed by atoms with E-state index in [-0.39, 0.29) is 12.2 Å². The van der Waals surface area contributed by atoms with E-state index in [0.29, 0.717) is 6.07 Å². The van der Waals surface area contributed by atoms with Crippen LogP contribution in [-0.2, 0) is 11.0 Å². The van der Waals surface area contributed by atoms with Gasteiger partial charge in [0.1, 0.15) is 5.56 Å². The molecule has 0 aromatic heterocycles. The van der Waals surface area contributed by atoms with Crippen molar-refractivity contribution in [2.24, 2.45) is 5.92 Å². The van der Waals surface area contributed by atoms with E-state index in [2.05, 4.69) is 5.32 Å². The third-order valence-corrected chi connectivity index (χ3v) is 2.53. The first-order valence-corrected chi connectivity index (χ1v) is 5.45. The number of carbonyl (C=O) groups is 1. The van der Waals surface area contributed by atoms with Gasteiger partial charge < -0.3 is 10.4 Å². The number of anilines is 1. The number of nitro benzene ring substituents is 1. The second-order valence-corrected chi connectivity index (χ2v) is 4.11. The van der Waals surface area contributed by atoms with Gasteiger partial charge in [0.05, 0.1) is 10.8 Å². The molecule has 0 aliphatic heterocycles. The fourth-order valence-electron chi connectivity index (χ4n) is 1.39. The van der Waals surface area contributed by atoms with Gasteiger partial charge in [-0.3, -0.25) is 14.9 Å². The summed E-state index contributed by atoms with van der Waals surface area (Å²) in [6.45, 7) is 1.29. The molecule has 0 heterocycles. The fourth-order valence-corrected chi connectivity index (χ4v) is 1.39. The smallest absolute Gasteiger partial charge is 0.423 e. The van der Waals surface area contributed by atoms with Gasteiger partial charge in [-0.05, 0) is 12.1 Å². The molecule has 20 heavy (non-hydrogen) atoms. The summed E-state index contributed by atoms with van der Waals surface area (Å²) in [6.07, 6.45) is -4.86. The predicted octanol–water partition coefficient (Wildman–Crippen LogP) is 2.75. The Balaban J connectivity index is 3.02. The van der Waals surface area contributed by atoms with Gasteiger partial charge in [0.2, 0.25) is 0 Å². The lowest BCUT2D eigenvalue weighted by Gasteiger charge is -2.12. The molecule has 1 atom stereocenters. The van der Waals surface area contributed by atoms with Gasteiger partial charge >= 0.3 is 12.1 Å². The van der Waals surface area contributed by atoms with Crippen LogP contribution in [0, 0.1) is 16.0 Å². The average Bonchev–Trinajstić information content (AvgIpc) is 2.34. The molecule has 1 aromatic rings. The van der Waals surface area contributed by atoms with Gasteiger partial charge in [-0.15, -0.1) is 0 Å². The van der Waals surface area contributed by atoms with Crippen molar-refractivity contribution >= 4 is 17.3 Å². The minimum absolute atomic E-state index is 0.0315. The Morgan fingerprint density at radius 2 is 2.10 bits per heavy atom. The van der Waals surface area contributed by atoms with Crippen molar-refractivity contribution in [3.8, 4) is 0 Å². The summed E-state index contributed by atoms with van der Waals surface area (Å²) in [7, 11) is 0. The molecule has 0 aliphatic rings. The normalized spacial score (nSPS) is 12.8. The molecule has 0 saturated carbocycles. The van der Waals surface area contributed by atoms with Crippen LogP contribution >= 0.6 is 0 Å². The number of halogens is 3. The molecule has 0 saturated heterocycles. The first-order chi connectivity index (χ1) is 9.12. The van der Waals surface area contributed by atoms with Gasteiger partial charge in [-0.1, -0.05) is 6.92 Å². The molecule has 0 radical (unpaired) electrons. The Morgan fingerprint density at radius 1 is 1.50 bits per heavy atom. The van der Waals surface area contributed by atoms with Crippen molar-refractivity contribution < 1.29 is 28.0 Å². The lowest BCUT2D eigenvalue weighted by molar-refractivity contribution is -0.388. The average molecular weight is 292 g/mol. The Hall–Kier alpha value is -2.32. The Labute approximate surface area is 111 Å². The Bertz CT molecular complexity index is 531. The van der Waals surface area contributed by atoms with E-state index in [4.69, 9.17) is 5.11 Å². The quantitative estimate of drug-likeness (QED) is 0.643. The van der Waals surface area contributed by atoms with Gasteiger partial charge in [0.25, 0.3) is 5.69 Å². The highest BCUT2D eigenvalue weighted by atomic mass is 19.4. The molecule has 9 heteroatoms. The zero-order chi connectivity index (χ0) is 15.5. The molecule has 0 fully saturated rings. The van der Waals surface area contributed by atoms with Crippen LogP contribution in [-0.4, -0.2) is 22.5 Å². The molecule has 2 N–H and O–H groups in total. The highest BCUT2D eigenvalue weighted by Crippen LogP contribution is 2.37. The second-order valence-electron chi connectivity index (χ2n) is 4.11. The number of carboxylic acids is 1. The van der Waals surface area contributed by atoms with Gasteiger partial charge in [-0.25, -0.2) is 0 Å². The maximum atomic E-state index is 12.7. The molecule has 0 aliphatic carbocycles. The third kappa shape index (κ3) is 3.84. The standard InChI is InChI=1S/C11H11F3N2O4/c1-6(10(17)18)5-15-7-2-3-9(16(19)20)8(4-7)11(12,13)14/h2-4,6,15H,5H2,1H3,(H,17,18). The highest BCUT2D eigenvalue weighted by Gasteiger charge is 2.38. The Kier molecular flexibility index (Phi) is 4.53. The summed E-state index contributed by atoms with van der Waals surface area (Å²) in [4.78, 5) is 20.0. The van der Waals surface area contributed by atoms with Crippen molar-refractivity contribution in [1.29, 1.82) is 0 Å². The van der Waals surface area contributed by atoms with Gasteiger partial charge in [0, 0.05) is 18.3 Å². The topological polar surface area (TPSA) is 92.5 Å². The number of hydrogen-bond donors (Lipinski definition) is 2. The summed E-state index contributed by atoms with van der Waals surface area (Å²) < 4.78 is 38.1. The third-order valence-electron chi connectivity index (χ3n) is 2.53. The number of aliphatic carboxylic acids is 1. The van der Waals surface area contributed by atoms with Gasteiger partial charge in [0.15, 0.2) is 0 Å². The number of rotatable bonds is 5. The predicted molar refractivity (Wildman–Crippen MR) is 63.4 cm³/mol. The maximum absolute atomic E-state index is 12.7. The molecule has 1 rings (SSSR count). The van der Waals surface area contributed by atoms with E-state index < -0.39 is 34.2 Å². The minimum Gasteiger partial charge on any atom is -0.481 e. The lowest BCUT2D eigenvalue weighted by atomic mass is 10.1. The number of nitrogens with zero attached hydrogens (tertiary/aromatic N) is 1. The molecule has 6 nitrogen and oxygen atoms in total. The van der Waals surface area contributed by atoms with Crippen molar-refractivity contribution in [1.82, 2.24) is 0 Å². The van der Waals surface area contributed by atoms with Crippen molar-refractivity contribution in [2.45, 2.75) is 13.1 Å². The highest BCUT2D eigenvalue weighted by molar-refractivity contribution is 5.70. The fraction of sp³-hybridized carbons (Fsp3) is 0.364. The maximum Gasteiger partial charge on any atom is 0.423 e. The van der Waals surface area contributed by atoms with Crippen LogP contribution in [0.5, 0.6) is 0 Å². The molecule has 1 aromatic carbocycles. The molecule has 110 valence electrons. The van der Waals surface area contributed by atoms with Crippen LogP contribution in [0.1, 0.15) is 12.5 Å². The SMILES string of the molecule is CC(CNc1ccc([N+](=O)[O-])c(C(F)(F)F)c1)C(=O)O. The lowest BCUT2D eigenvalue weighted by Crippen LogP contribution is -2.20. The number of benzene rings is 1. The number of carboxylic acid groups (broad SMARTS) is 1. The van der Waals surface area contributed by atoms with Crippen LogP contribution in [0.4, 0.5) is 24.5 Å². The van der Waals surface area contributed by atoms with Crippen LogP contribution in [0.15, 0.2) is 18.2 Å². The van der Waals surface area contributed by atoms with E-state index in [9.17, 15) is 28.1 Å². The van der Waals surface area contributed by atoms with Gasteiger partial charge in [-0.2, -0.15) is 13.2 Å². The molecular weight excluding hydrogens is 281 g/mol. The van der Waals surface area contributed by atoms with Crippen LogP contribution in [0.25, 0.3) is 0 Å². The molecule has 0 spiro atoms. The van der Waals surface area contributed by atoms with Crippen molar-refractivity contribution in [2.75, 3.05) is 11.9 Å². The molecule has 1 unspecified atom stereocenters. The Morgan fingerprint density at radius 3 is 2.55 bits per heavy atom. The van der Waals surface area contributed by atoms with Crippen LogP contribution < -0.4 is 5.32 Å². The first-order valence-electron chi connectivity index (χ1n) is 5.45. The number of alkyl halides is 3. The van der Waals surface area contributed by atoms with Crippen LogP contribution in [0.2, 0.25) is 0 Å². The van der Waals surface area contributed by atoms with E-state index in [0.717, 1.165) is 12.1 Å². The summed E-state index contributed by atoms with van der Waals surface area (Å²) in [6, 6.07) is 2.42. The molecular formula is C11H11F3N2O4. The zero-order valence-electron chi connectivity index (χ0n) is 10.3. The largest absolute Gasteiger partial charge is 0.481 e. The van der Waals surface area contributed by atoms with Crippen LogP contribution in [0.3, 0.4) is 0 Å². The van der Waals surface area contributed by atoms with E-state index in [1.807, 2.05) is 0 Å². The second kappa shape index (κ2) is 5.76. The number of nitro groups is 1. The number of nitrogens with one attached hydrogen (secondary N) is 1. The minimum atomic E-state index is -4.86. The summed E-state index contributed by atoms with van der Waals surface area (Å²) in [5.74, 6) is -1.91. The van der Waals surface area contributed by atoms with E-state index in [1.54, 1.807) is 0 Å². The summed E-state index contributed by atoms with van der Waals surface area (Å²) in [5.41, 5.74) is -2.46. The van der Waals surface area contributed by atoms with E-state index >= 15 is 0 Å². The summed E-state index contributed by atoms with van der Waals surface area (Å²) in [5, 5.41) is 21.7.